The quantitative estimate of drug-likeness (QED) is 0.721. The van der Waals surface area contributed by atoms with Crippen molar-refractivity contribution in [2.75, 3.05) is 38.7 Å². The number of para-hydroxylation sites is 2. The maximum Gasteiger partial charge on any atom is 0.264 e. The molecule has 0 unspecified atom stereocenters. The zero-order valence-electron chi connectivity index (χ0n) is 16.9. The molecule has 0 radical (unpaired) electrons. The van der Waals surface area contributed by atoms with Gasteiger partial charge in [0, 0.05) is 32.8 Å². The number of methoxy groups -OCH3 is 2. The minimum Gasteiger partial charge on any atom is -0.495 e. The van der Waals surface area contributed by atoms with Crippen molar-refractivity contribution in [3.8, 4) is 5.75 Å². The molecule has 1 fully saturated rings. The van der Waals surface area contributed by atoms with Gasteiger partial charge >= 0.3 is 0 Å². The number of likely N-dealkylation sites (tertiary alicyclic amines) is 1. The highest BCUT2D eigenvalue weighted by Crippen LogP contribution is 2.31. The van der Waals surface area contributed by atoms with Crippen LogP contribution in [0.5, 0.6) is 5.75 Å². The summed E-state index contributed by atoms with van der Waals surface area (Å²) in [7, 11) is 0.867. The lowest BCUT2D eigenvalue weighted by atomic mass is 10.1. The van der Waals surface area contributed by atoms with Crippen LogP contribution in [0.1, 0.15) is 23.2 Å². The van der Waals surface area contributed by atoms with Gasteiger partial charge in [0.25, 0.3) is 15.9 Å². The summed E-state index contributed by atoms with van der Waals surface area (Å²) in [5.74, 6) is 0.367. The van der Waals surface area contributed by atoms with Gasteiger partial charge in [0.1, 0.15) is 5.75 Å². The molecule has 0 aromatic heterocycles. The molecule has 2 aromatic carbocycles. The zero-order chi connectivity index (χ0) is 21.0. The molecule has 3 rings (SSSR count). The first-order valence-electron chi connectivity index (χ1n) is 9.42. The topological polar surface area (TPSA) is 76.2 Å². The lowest BCUT2D eigenvalue weighted by Crippen LogP contribution is -2.40. The van der Waals surface area contributed by atoms with E-state index in [-0.39, 0.29) is 16.9 Å². The van der Waals surface area contributed by atoms with E-state index in [4.69, 9.17) is 9.47 Å². The third kappa shape index (κ3) is 4.38. The molecule has 1 heterocycles. The molecule has 1 saturated heterocycles. The van der Waals surface area contributed by atoms with E-state index in [0.29, 0.717) is 30.1 Å². The van der Waals surface area contributed by atoms with Gasteiger partial charge in [-0.1, -0.05) is 12.1 Å². The molecule has 8 heteroatoms. The number of carbonyl (C=O) groups excluding carboxylic acids is 1. The Morgan fingerprint density at radius 3 is 2.24 bits per heavy atom. The Balaban J connectivity index is 1.77. The summed E-state index contributed by atoms with van der Waals surface area (Å²) in [4.78, 5) is 14.6. The van der Waals surface area contributed by atoms with Gasteiger partial charge in [-0.15, -0.1) is 0 Å². The van der Waals surface area contributed by atoms with Gasteiger partial charge in [0.15, 0.2) is 0 Å². The van der Waals surface area contributed by atoms with Gasteiger partial charge in [-0.3, -0.25) is 9.10 Å². The second-order valence-corrected chi connectivity index (χ2v) is 8.87. The molecular formula is C21H26N2O5S. The average Bonchev–Trinajstić information content (AvgIpc) is 2.78. The maximum absolute atomic E-state index is 13.0. The van der Waals surface area contributed by atoms with Crippen LogP contribution >= 0.6 is 0 Å². The second kappa shape index (κ2) is 8.84. The number of piperidine rings is 1. The minimum absolute atomic E-state index is 0.0958. The number of anilines is 1. The number of ether oxygens (including phenoxy) is 2. The number of nitrogens with zero attached hydrogens (tertiary/aromatic N) is 2. The van der Waals surface area contributed by atoms with Gasteiger partial charge in [-0.2, -0.15) is 0 Å². The van der Waals surface area contributed by atoms with E-state index in [1.54, 1.807) is 48.4 Å². The first-order chi connectivity index (χ1) is 13.9. The fraction of sp³-hybridized carbons (Fsp3) is 0.381. The predicted octanol–water partition coefficient (Wildman–Crippen LogP) is 2.77. The highest BCUT2D eigenvalue weighted by Gasteiger charge is 2.26. The molecule has 1 aliphatic rings. The summed E-state index contributed by atoms with van der Waals surface area (Å²) >= 11 is 0. The largest absolute Gasteiger partial charge is 0.495 e. The molecule has 1 aliphatic heterocycles. The number of carbonyl (C=O) groups is 1. The average molecular weight is 419 g/mol. The highest BCUT2D eigenvalue weighted by atomic mass is 32.2. The van der Waals surface area contributed by atoms with Crippen molar-refractivity contribution < 1.29 is 22.7 Å². The molecule has 1 amide bonds. The number of benzene rings is 2. The van der Waals surface area contributed by atoms with Crippen LogP contribution in [-0.4, -0.2) is 59.7 Å². The van der Waals surface area contributed by atoms with Crippen molar-refractivity contribution in [1.29, 1.82) is 0 Å². The van der Waals surface area contributed by atoms with Crippen LogP contribution in [0, 0.1) is 0 Å². The first-order valence-corrected chi connectivity index (χ1v) is 10.9. The molecule has 156 valence electrons. The number of amides is 1. The molecule has 0 atom stereocenters. The Morgan fingerprint density at radius 2 is 1.66 bits per heavy atom. The predicted molar refractivity (Wildman–Crippen MR) is 111 cm³/mol. The van der Waals surface area contributed by atoms with Crippen LogP contribution in [0.15, 0.2) is 53.4 Å². The van der Waals surface area contributed by atoms with Crippen LogP contribution in [0.3, 0.4) is 0 Å². The molecule has 2 aromatic rings. The van der Waals surface area contributed by atoms with Crippen molar-refractivity contribution >= 4 is 21.6 Å². The van der Waals surface area contributed by atoms with Gasteiger partial charge in [0.05, 0.1) is 23.8 Å². The summed E-state index contributed by atoms with van der Waals surface area (Å²) in [5.41, 5.74) is 0.913. The van der Waals surface area contributed by atoms with Crippen LogP contribution in [0.4, 0.5) is 5.69 Å². The molecule has 29 heavy (non-hydrogen) atoms. The fourth-order valence-electron chi connectivity index (χ4n) is 3.42. The normalized spacial score (nSPS) is 15.2. The number of rotatable bonds is 6. The molecule has 0 aliphatic carbocycles. The van der Waals surface area contributed by atoms with E-state index < -0.39 is 10.0 Å². The SMILES string of the molecule is COc1ccccc1N(C)S(=O)(=O)c1ccc(C(=O)N2CCC(OC)CC2)cc1. The molecular weight excluding hydrogens is 392 g/mol. The smallest absolute Gasteiger partial charge is 0.264 e. The monoisotopic (exact) mass is 418 g/mol. The Hall–Kier alpha value is -2.58. The first kappa shape index (κ1) is 21.1. The van der Waals surface area contributed by atoms with Crippen LogP contribution in [0.25, 0.3) is 0 Å². The molecule has 0 N–H and O–H groups in total. The van der Waals surface area contributed by atoms with Crippen LogP contribution in [-0.2, 0) is 14.8 Å². The van der Waals surface area contributed by atoms with Gasteiger partial charge < -0.3 is 14.4 Å². The number of hydrogen-bond acceptors (Lipinski definition) is 5. The summed E-state index contributed by atoms with van der Waals surface area (Å²) in [6.07, 6.45) is 1.80. The van der Waals surface area contributed by atoms with Gasteiger partial charge in [0.2, 0.25) is 0 Å². The molecule has 0 saturated carbocycles. The third-order valence-electron chi connectivity index (χ3n) is 5.25. The van der Waals surface area contributed by atoms with Crippen LogP contribution in [0.2, 0.25) is 0 Å². The summed E-state index contributed by atoms with van der Waals surface area (Å²) in [5, 5.41) is 0. The Labute approximate surface area is 171 Å². The van der Waals surface area contributed by atoms with E-state index in [9.17, 15) is 13.2 Å². The van der Waals surface area contributed by atoms with Gasteiger partial charge in [-0.05, 0) is 49.2 Å². The molecule has 7 nitrogen and oxygen atoms in total. The van der Waals surface area contributed by atoms with Crippen molar-refractivity contribution in [1.82, 2.24) is 4.90 Å². The number of sulfonamides is 1. The van der Waals surface area contributed by atoms with E-state index in [1.807, 2.05) is 0 Å². The van der Waals surface area contributed by atoms with E-state index in [1.165, 1.54) is 30.6 Å². The second-order valence-electron chi connectivity index (χ2n) is 6.90. The Morgan fingerprint density at radius 1 is 1.03 bits per heavy atom. The standard InChI is InChI=1S/C21H26N2O5S/c1-22(19-6-4-5-7-20(19)28-3)29(25,26)18-10-8-16(9-11-18)21(24)23-14-12-17(27-2)13-15-23/h4-11,17H,12-15H2,1-3H3. The zero-order valence-corrected chi connectivity index (χ0v) is 17.7. The lowest BCUT2D eigenvalue weighted by molar-refractivity contribution is 0.0350. The van der Waals surface area contributed by atoms with Crippen molar-refractivity contribution in [3.63, 3.8) is 0 Å². The summed E-state index contributed by atoms with van der Waals surface area (Å²) < 4.78 is 37.8. The van der Waals surface area contributed by atoms with Gasteiger partial charge in [-0.25, -0.2) is 8.42 Å². The molecule has 0 bridgehead atoms. The third-order valence-corrected chi connectivity index (χ3v) is 7.03. The van der Waals surface area contributed by atoms with Crippen molar-refractivity contribution in [2.24, 2.45) is 0 Å². The van der Waals surface area contributed by atoms with Crippen LogP contribution < -0.4 is 9.04 Å². The lowest BCUT2D eigenvalue weighted by Gasteiger charge is -2.31. The fourth-order valence-corrected chi connectivity index (χ4v) is 4.63. The van der Waals surface area contributed by atoms with E-state index in [0.717, 1.165) is 12.8 Å². The minimum atomic E-state index is -3.79. The van der Waals surface area contributed by atoms with E-state index >= 15 is 0 Å². The highest BCUT2D eigenvalue weighted by molar-refractivity contribution is 7.92. The van der Waals surface area contributed by atoms with Crippen molar-refractivity contribution in [3.05, 3.63) is 54.1 Å². The maximum atomic E-state index is 13.0. The summed E-state index contributed by atoms with van der Waals surface area (Å²) in [6.45, 7) is 1.27. The summed E-state index contributed by atoms with van der Waals surface area (Å²) in [6, 6.07) is 13.0. The molecule has 0 spiro atoms. The Kier molecular flexibility index (Phi) is 6.44. The van der Waals surface area contributed by atoms with Crippen molar-refractivity contribution in [2.45, 2.75) is 23.8 Å². The Bertz CT molecular complexity index is 951. The van der Waals surface area contributed by atoms with E-state index in [2.05, 4.69) is 0 Å². The number of hydrogen-bond donors (Lipinski definition) is 0.